The van der Waals surface area contributed by atoms with Gasteiger partial charge in [0, 0.05) is 18.0 Å². The van der Waals surface area contributed by atoms with Crippen LogP contribution in [-0.2, 0) is 10.2 Å². The molecule has 20 heavy (non-hydrogen) atoms. The Morgan fingerprint density at radius 1 is 1.10 bits per heavy atom. The molecule has 0 bridgehead atoms. The maximum Gasteiger partial charge on any atom is 0.224 e. The third-order valence-corrected chi connectivity index (χ3v) is 5.83. The van der Waals surface area contributed by atoms with Gasteiger partial charge in [-0.05, 0) is 37.3 Å². The summed E-state index contributed by atoms with van der Waals surface area (Å²) in [4.78, 5) is 14.6. The minimum atomic E-state index is 0.00944. The van der Waals surface area contributed by atoms with E-state index in [1.54, 1.807) is 6.92 Å². The lowest BCUT2D eigenvalue weighted by Crippen LogP contribution is -2.61. The topological polar surface area (TPSA) is 20.3 Å². The molecular weight excluding hydrogens is 246 g/mol. The lowest BCUT2D eigenvalue weighted by atomic mass is 9.55. The Hall–Kier alpha value is -1.57. The van der Waals surface area contributed by atoms with Crippen molar-refractivity contribution in [2.75, 3.05) is 4.90 Å². The lowest BCUT2D eigenvalue weighted by molar-refractivity contribution is -0.118. The number of carbonyl (C=O) groups excluding carboxylic acids is 1. The largest absolute Gasteiger partial charge is 0.305 e. The molecule has 0 unspecified atom stereocenters. The highest BCUT2D eigenvalue weighted by Crippen LogP contribution is 2.63. The van der Waals surface area contributed by atoms with E-state index >= 15 is 0 Å². The number of allylic oxidation sites excluding steroid dienone is 1. The SMILES string of the molecule is CC(=O)N1c2ccccc2[C@@]23CC=CC[C@@]12CCCC3. The van der Waals surface area contributed by atoms with Gasteiger partial charge in [-0.1, -0.05) is 43.2 Å². The van der Waals surface area contributed by atoms with Gasteiger partial charge in [0.05, 0.1) is 5.54 Å². The van der Waals surface area contributed by atoms with E-state index in [1.165, 1.54) is 30.5 Å². The number of benzene rings is 1. The normalized spacial score (nSPS) is 34.4. The molecule has 1 aromatic carbocycles. The Labute approximate surface area is 120 Å². The van der Waals surface area contributed by atoms with Crippen LogP contribution in [-0.4, -0.2) is 11.4 Å². The average molecular weight is 267 g/mol. The third kappa shape index (κ3) is 1.23. The Balaban J connectivity index is 2.03. The summed E-state index contributed by atoms with van der Waals surface area (Å²) in [5, 5.41) is 0. The van der Waals surface area contributed by atoms with Gasteiger partial charge in [-0.15, -0.1) is 0 Å². The summed E-state index contributed by atoms with van der Waals surface area (Å²) in [6.07, 6.45) is 11.6. The van der Waals surface area contributed by atoms with Crippen molar-refractivity contribution >= 4 is 11.6 Å². The summed E-state index contributed by atoms with van der Waals surface area (Å²) < 4.78 is 0. The van der Waals surface area contributed by atoms with Gasteiger partial charge in [0.1, 0.15) is 0 Å². The number of hydrogen-bond acceptors (Lipinski definition) is 1. The summed E-state index contributed by atoms with van der Waals surface area (Å²) in [6.45, 7) is 1.73. The van der Waals surface area contributed by atoms with Gasteiger partial charge in [-0.25, -0.2) is 0 Å². The van der Waals surface area contributed by atoms with Crippen LogP contribution in [0.2, 0.25) is 0 Å². The smallest absolute Gasteiger partial charge is 0.224 e. The first-order valence-corrected chi connectivity index (χ1v) is 7.77. The summed E-state index contributed by atoms with van der Waals surface area (Å²) in [5.74, 6) is 0.205. The van der Waals surface area contributed by atoms with E-state index in [9.17, 15) is 4.79 Å². The fourth-order valence-corrected chi connectivity index (χ4v) is 5.16. The first-order valence-electron chi connectivity index (χ1n) is 7.77. The molecule has 1 fully saturated rings. The van der Waals surface area contributed by atoms with Crippen LogP contribution in [0.4, 0.5) is 5.69 Å². The third-order valence-electron chi connectivity index (χ3n) is 5.83. The number of rotatable bonds is 0. The Kier molecular flexibility index (Phi) is 2.42. The fourth-order valence-electron chi connectivity index (χ4n) is 5.16. The van der Waals surface area contributed by atoms with Crippen molar-refractivity contribution < 1.29 is 4.79 Å². The number of carbonyl (C=O) groups is 1. The van der Waals surface area contributed by atoms with Crippen molar-refractivity contribution in [3.8, 4) is 0 Å². The van der Waals surface area contributed by atoms with E-state index in [1.807, 2.05) is 0 Å². The lowest BCUT2D eigenvalue weighted by Gasteiger charge is -2.54. The van der Waals surface area contributed by atoms with Gasteiger partial charge in [-0.2, -0.15) is 0 Å². The number of hydrogen-bond donors (Lipinski definition) is 0. The number of amides is 1. The van der Waals surface area contributed by atoms with Gasteiger partial charge >= 0.3 is 0 Å². The maximum absolute atomic E-state index is 12.4. The van der Waals surface area contributed by atoms with Crippen molar-refractivity contribution in [2.24, 2.45) is 0 Å². The molecule has 2 heteroatoms. The van der Waals surface area contributed by atoms with Crippen molar-refractivity contribution in [1.82, 2.24) is 0 Å². The maximum atomic E-state index is 12.4. The second-order valence-electron chi connectivity index (χ2n) is 6.57. The Bertz CT molecular complexity index is 605. The predicted octanol–water partition coefficient (Wildman–Crippen LogP) is 3.95. The zero-order valence-electron chi connectivity index (χ0n) is 12.1. The molecule has 3 aliphatic rings. The van der Waals surface area contributed by atoms with Crippen LogP contribution < -0.4 is 4.90 Å². The highest BCUT2D eigenvalue weighted by Gasteiger charge is 2.62. The van der Waals surface area contributed by atoms with E-state index in [0.717, 1.165) is 19.3 Å². The summed E-state index contributed by atoms with van der Waals surface area (Å²) in [6, 6.07) is 8.61. The number of para-hydroxylation sites is 1. The predicted molar refractivity (Wildman–Crippen MR) is 80.9 cm³/mol. The number of nitrogens with zero attached hydrogens (tertiary/aromatic N) is 1. The molecule has 0 N–H and O–H groups in total. The summed E-state index contributed by atoms with van der Waals surface area (Å²) >= 11 is 0. The molecule has 1 amide bonds. The van der Waals surface area contributed by atoms with Crippen molar-refractivity contribution in [3.05, 3.63) is 42.0 Å². The van der Waals surface area contributed by atoms with Crippen LogP contribution in [0.5, 0.6) is 0 Å². The second kappa shape index (κ2) is 3.97. The van der Waals surface area contributed by atoms with Gasteiger partial charge in [0.2, 0.25) is 5.91 Å². The Morgan fingerprint density at radius 3 is 2.70 bits per heavy atom. The fraction of sp³-hybridized carbons (Fsp3) is 0.500. The molecule has 104 valence electrons. The Morgan fingerprint density at radius 2 is 1.85 bits per heavy atom. The molecule has 1 heterocycles. The van der Waals surface area contributed by atoms with Crippen LogP contribution in [0.15, 0.2) is 36.4 Å². The highest BCUT2D eigenvalue weighted by atomic mass is 16.2. The average Bonchev–Trinajstić information content (AvgIpc) is 2.74. The van der Waals surface area contributed by atoms with Crippen LogP contribution >= 0.6 is 0 Å². The van der Waals surface area contributed by atoms with E-state index in [-0.39, 0.29) is 16.9 Å². The van der Waals surface area contributed by atoms with Gasteiger partial charge in [0.25, 0.3) is 0 Å². The van der Waals surface area contributed by atoms with Crippen LogP contribution in [0.1, 0.15) is 51.0 Å². The molecule has 4 rings (SSSR count). The number of fused-ring (bicyclic) bond motifs is 1. The molecule has 1 saturated carbocycles. The van der Waals surface area contributed by atoms with Gasteiger partial charge in [-0.3, -0.25) is 4.79 Å². The monoisotopic (exact) mass is 267 g/mol. The molecule has 0 saturated heterocycles. The van der Waals surface area contributed by atoms with Crippen LogP contribution in [0.3, 0.4) is 0 Å². The zero-order valence-corrected chi connectivity index (χ0v) is 12.1. The van der Waals surface area contributed by atoms with E-state index in [4.69, 9.17) is 0 Å². The summed E-state index contributed by atoms with van der Waals surface area (Å²) in [5.41, 5.74) is 2.77. The van der Waals surface area contributed by atoms with Crippen molar-refractivity contribution in [1.29, 1.82) is 0 Å². The molecule has 2 atom stereocenters. The highest BCUT2D eigenvalue weighted by molar-refractivity contribution is 5.97. The molecule has 0 spiro atoms. The van der Waals surface area contributed by atoms with E-state index in [0.29, 0.717) is 0 Å². The van der Waals surface area contributed by atoms with E-state index < -0.39 is 0 Å². The second-order valence-corrected chi connectivity index (χ2v) is 6.57. The molecule has 2 aliphatic carbocycles. The molecule has 2 nitrogen and oxygen atoms in total. The van der Waals surface area contributed by atoms with Crippen molar-refractivity contribution in [3.63, 3.8) is 0 Å². The van der Waals surface area contributed by atoms with Gasteiger partial charge in [0.15, 0.2) is 0 Å². The summed E-state index contributed by atoms with van der Waals surface area (Å²) in [7, 11) is 0. The minimum absolute atomic E-state index is 0.00944. The molecule has 0 aromatic heterocycles. The first-order chi connectivity index (χ1) is 9.71. The molecule has 1 aliphatic heterocycles. The quantitative estimate of drug-likeness (QED) is 0.652. The molecular formula is C18H21NO. The van der Waals surface area contributed by atoms with Crippen LogP contribution in [0.25, 0.3) is 0 Å². The van der Waals surface area contributed by atoms with Gasteiger partial charge < -0.3 is 4.90 Å². The zero-order chi connectivity index (χ0) is 13.8. The molecule has 0 radical (unpaired) electrons. The van der Waals surface area contributed by atoms with Crippen molar-refractivity contribution in [2.45, 2.75) is 56.4 Å². The first kappa shape index (κ1) is 12.2. The standard InChI is InChI=1S/C18H21NO/c1-14(20)19-16-9-3-2-8-15(16)17-10-4-6-12-18(17,19)13-7-5-11-17/h2-4,6,8-9H,5,7,10-13H2,1H3/t17-,18-/m0/s1. The minimum Gasteiger partial charge on any atom is -0.305 e. The number of anilines is 1. The van der Waals surface area contributed by atoms with Crippen LogP contribution in [0, 0.1) is 0 Å². The van der Waals surface area contributed by atoms with E-state index in [2.05, 4.69) is 41.3 Å². The molecule has 1 aromatic rings.